The maximum Gasteiger partial charge on any atom is 0.324 e. The van der Waals surface area contributed by atoms with E-state index in [-0.39, 0.29) is 13.0 Å². The number of rotatable bonds is 5. The molecule has 3 amide bonds. The van der Waals surface area contributed by atoms with E-state index in [1.807, 2.05) is 18.2 Å². The molecule has 1 aromatic carbocycles. The van der Waals surface area contributed by atoms with Crippen molar-refractivity contribution < 1.29 is 23.5 Å². The van der Waals surface area contributed by atoms with Crippen molar-refractivity contribution in [3.63, 3.8) is 0 Å². The minimum absolute atomic E-state index is 0.00227. The summed E-state index contributed by atoms with van der Waals surface area (Å²) in [4.78, 5) is 36.9. The first kappa shape index (κ1) is 17.0. The molecule has 7 heteroatoms. The van der Waals surface area contributed by atoms with Crippen molar-refractivity contribution in [3.05, 3.63) is 35.6 Å². The lowest BCUT2D eigenvalue weighted by molar-refractivity contribution is -0.156. The third-order valence-electron chi connectivity index (χ3n) is 4.24. The smallest absolute Gasteiger partial charge is 0.324 e. The zero-order valence-corrected chi connectivity index (χ0v) is 14.2. The molecule has 1 aliphatic rings. The number of amides is 3. The topological polar surface area (TPSA) is 88.9 Å². The molecule has 0 radical (unpaired) electrons. The van der Waals surface area contributed by atoms with Gasteiger partial charge in [0.1, 0.15) is 5.58 Å². The fourth-order valence-electron chi connectivity index (χ4n) is 2.83. The Hall–Kier alpha value is -2.83. The molecule has 1 saturated heterocycles. The summed E-state index contributed by atoms with van der Waals surface area (Å²) in [6.45, 7) is 4.21. The molecular formula is C18H20N2O5. The molecule has 0 aliphatic carbocycles. The summed E-state index contributed by atoms with van der Waals surface area (Å²) >= 11 is 0. The van der Waals surface area contributed by atoms with Crippen molar-refractivity contribution >= 4 is 28.9 Å². The predicted octanol–water partition coefficient (Wildman–Crippen LogP) is 2.02. The largest absolute Gasteiger partial charge is 0.464 e. The van der Waals surface area contributed by atoms with E-state index in [1.54, 1.807) is 0 Å². The maximum atomic E-state index is 12.2. The van der Waals surface area contributed by atoms with Crippen molar-refractivity contribution in [3.8, 4) is 0 Å². The van der Waals surface area contributed by atoms with Crippen LogP contribution in [0.25, 0.3) is 11.0 Å². The van der Waals surface area contributed by atoms with Crippen LogP contribution in [-0.2, 0) is 27.2 Å². The highest BCUT2D eigenvalue weighted by Crippen LogP contribution is 2.23. The van der Waals surface area contributed by atoms with E-state index in [1.165, 1.54) is 13.2 Å². The standard InChI is InChI=1S/C18H20N2O5/c1-3-12-4-5-14-13(10-24-15(14)8-12)9-16(21)25-11(2)17(22)20-7-6-19-18(20)23/h4-5,8,10-11H,3,6-7,9H2,1-2H3,(H,19,23)/t11-/m1/s1. The van der Waals surface area contributed by atoms with E-state index >= 15 is 0 Å². The predicted molar refractivity (Wildman–Crippen MR) is 90.0 cm³/mol. The molecule has 2 heterocycles. The van der Waals surface area contributed by atoms with Gasteiger partial charge in [0.15, 0.2) is 6.10 Å². The molecule has 0 saturated carbocycles. The molecule has 132 valence electrons. The Morgan fingerprint density at radius 2 is 2.20 bits per heavy atom. The molecule has 7 nitrogen and oxygen atoms in total. The normalized spacial score (nSPS) is 15.3. The van der Waals surface area contributed by atoms with Crippen LogP contribution in [0.1, 0.15) is 25.0 Å². The molecule has 25 heavy (non-hydrogen) atoms. The summed E-state index contributed by atoms with van der Waals surface area (Å²) in [5.41, 5.74) is 2.58. The minimum atomic E-state index is -1.01. The van der Waals surface area contributed by atoms with Crippen LogP contribution in [0.5, 0.6) is 0 Å². The Kier molecular flexibility index (Phi) is 4.74. The molecule has 1 atom stereocenters. The quantitative estimate of drug-likeness (QED) is 0.838. The Balaban J connectivity index is 1.64. The number of furan rings is 1. The summed E-state index contributed by atoms with van der Waals surface area (Å²) in [6, 6.07) is 5.40. The second kappa shape index (κ2) is 6.96. The number of aryl methyl sites for hydroxylation is 1. The molecule has 1 N–H and O–H groups in total. The zero-order valence-electron chi connectivity index (χ0n) is 14.2. The summed E-state index contributed by atoms with van der Waals surface area (Å²) in [6.07, 6.45) is 1.42. The van der Waals surface area contributed by atoms with Crippen LogP contribution >= 0.6 is 0 Å². The Labute approximate surface area is 144 Å². The summed E-state index contributed by atoms with van der Waals surface area (Å²) in [7, 11) is 0. The van der Waals surface area contributed by atoms with Gasteiger partial charge in [-0.05, 0) is 25.0 Å². The first-order valence-corrected chi connectivity index (χ1v) is 8.27. The second-order valence-electron chi connectivity index (χ2n) is 5.98. The van der Waals surface area contributed by atoms with Crippen LogP contribution in [0.3, 0.4) is 0 Å². The first-order chi connectivity index (χ1) is 12.0. The van der Waals surface area contributed by atoms with E-state index in [0.29, 0.717) is 12.1 Å². The fraction of sp³-hybridized carbons (Fsp3) is 0.389. The average Bonchev–Trinajstić information content (AvgIpc) is 3.20. The van der Waals surface area contributed by atoms with Crippen LogP contribution in [0, 0.1) is 0 Å². The van der Waals surface area contributed by atoms with Gasteiger partial charge in [-0.15, -0.1) is 0 Å². The summed E-state index contributed by atoms with van der Waals surface area (Å²) < 4.78 is 10.7. The Bertz CT molecular complexity index is 826. The molecule has 0 bridgehead atoms. The number of urea groups is 1. The van der Waals surface area contributed by atoms with Gasteiger partial charge in [-0.3, -0.25) is 14.5 Å². The Morgan fingerprint density at radius 1 is 1.40 bits per heavy atom. The molecule has 1 aromatic heterocycles. The van der Waals surface area contributed by atoms with E-state index in [0.717, 1.165) is 27.9 Å². The number of esters is 1. The van der Waals surface area contributed by atoms with Crippen molar-refractivity contribution in [2.45, 2.75) is 32.8 Å². The van der Waals surface area contributed by atoms with Gasteiger partial charge in [-0.25, -0.2) is 4.79 Å². The zero-order chi connectivity index (χ0) is 18.0. The van der Waals surface area contributed by atoms with E-state index in [9.17, 15) is 14.4 Å². The van der Waals surface area contributed by atoms with Crippen molar-refractivity contribution in [2.24, 2.45) is 0 Å². The lowest BCUT2D eigenvalue weighted by Crippen LogP contribution is -2.42. The third-order valence-corrected chi connectivity index (χ3v) is 4.24. The van der Waals surface area contributed by atoms with Gasteiger partial charge in [0.05, 0.1) is 12.7 Å². The highest BCUT2D eigenvalue weighted by molar-refractivity contribution is 5.98. The number of ether oxygens (including phenoxy) is 1. The average molecular weight is 344 g/mol. The van der Waals surface area contributed by atoms with Crippen molar-refractivity contribution in [1.82, 2.24) is 10.2 Å². The number of hydrogen-bond donors (Lipinski definition) is 1. The van der Waals surface area contributed by atoms with Crippen LogP contribution in [0.2, 0.25) is 0 Å². The monoisotopic (exact) mass is 344 g/mol. The van der Waals surface area contributed by atoms with E-state index in [4.69, 9.17) is 9.15 Å². The highest BCUT2D eigenvalue weighted by Gasteiger charge is 2.31. The first-order valence-electron chi connectivity index (χ1n) is 8.27. The number of nitrogens with zero attached hydrogens (tertiary/aromatic N) is 1. The van der Waals surface area contributed by atoms with E-state index < -0.39 is 24.0 Å². The van der Waals surface area contributed by atoms with Crippen LogP contribution in [0.4, 0.5) is 4.79 Å². The Morgan fingerprint density at radius 3 is 2.88 bits per heavy atom. The minimum Gasteiger partial charge on any atom is -0.464 e. The van der Waals surface area contributed by atoms with Gasteiger partial charge in [0.25, 0.3) is 5.91 Å². The molecule has 0 spiro atoms. The van der Waals surface area contributed by atoms with Gasteiger partial charge in [0, 0.05) is 24.0 Å². The number of carbonyl (C=O) groups excluding carboxylic acids is 3. The third kappa shape index (κ3) is 3.50. The summed E-state index contributed by atoms with van der Waals surface area (Å²) in [5, 5.41) is 3.39. The summed E-state index contributed by atoms with van der Waals surface area (Å²) in [5.74, 6) is -1.06. The SMILES string of the molecule is CCc1ccc2c(CC(=O)O[C@H](C)C(=O)N3CCNC3=O)coc2c1. The second-order valence-corrected chi connectivity index (χ2v) is 5.98. The number of imide groups is 1. The number of nitrogens with one attached hydrogen (secondary N) is 1. The van der Waals surface area contributed by atoms with Gasteiger partial charge in [0.2, 0.25) is 0 Å². The number of carbonyl (C=O) groups is 3. The highest BCUT2D eigenvalue weighted by atomic mass is 16.5. The fourth-order valence-corrected chi connectivity index (χ4v) is 2.83. The molecule has 1 aliphatic heterocycles. The number of fused-ring (bicyclic) bond motifs is 1. The van der Waals surface area contributed by atoms with Crippen LogP contribution in [-0.4, -0.2) is 42.0 Å². The lowest BCUT2D eigenvalue weighted by atomic mass is 10.1. The number of hydrogen-bond acceptors (Lipinski definition) is 5. The molecule has 3 rings (SSSR count). The van der Waals surface area contributed by atoms with Gasteiger partial charge in [-0.1, -0.05) is 19.1 Å². The van der Waals surface area contributed by atoms with Crippen LogP contribution in [0.15, 0.2) is 28.9 Å². The van der Waals surface area contributed by atoms with Gasteiger partial charge < -0.3 is 14.5 Å². The lowest BCUT2D eigenvalue weighted by Gasteiger charge is -2.18. The van der Waals surface area contributed by atoms with Gasteiger partial charge >= 0.3 is 12.0 Å². The van der Waals surface area contributed by atoms with Crippen LogP contribution < -0.4 is 5.32 Å². The molecule has 2 aromatic rings. The van der Waals surface area contributed by atoms with Crippen molar-refractivity contribution in [2.75, 3.05) is 13.1 Å². The molecule has 0 unspecified atom stereocenters. The number of benzene rings is 1. The van der Waals surface area contributed by atoms with Crippen molar-refractivity contribution in [1.29, 1.82) is 0 Å². The van der Waals surface area contributed by atoms with E-state index in [2.05, 4.69) is 12.2 Å². The maximum absolute atomic E-state index is 12.2. The molecular weight excluding hydrogens is 324 g/mol. The molecule has 1 fully saturated rings. The van der Waals surface area contributed by atoms with Gasteiger partial charge in [-0.2, -0.15) is 0 Å².